The Labute approximate surface area is 81.8 Å². The van der Waals surface area contributed by atoms with E-state index in [2.05, 4.69) is 17.6 Å². The molecule has 0 aromatic carbocycles. The fourth-order valence-electron chi connectivity index (χ4n) is 0.972. The molecule has 2 unspecified atom stereocenters. The van der Waals surface area contributed by atoms with E-state index in [9.17, 15) is 10.2 Å². The molecule has 0 fully saturated rings. The first-order valence-corrected chi connectivity index (χ1v) is 4.47. The summed E-state index contributed by atoms with van der Waals surface area (Å²) in [4.78, 5) is 3.77. The number of thiol groups is 1. The summed E-state index contributed by atoms with van der Waals surface area (Å²) in [5, 5.41) is 18.8. The minimum atomic E-state index is -0.956. The Kier molecular flexibility index (Phi) is 3.53. The molecule has 1 heterocycles. The first-order valence-electron chi connectivity index (χ1n) is 3.83. The third kappa shape index (κ3) is 2.58. The first-order chi connectivity index (χ1) is 6.15. The highest BCUT2D eigenvalue weighted by molar-refractivity contribution is 7.80. The molecule has 72 valence electrons. The molecule has 4 nitrogen and oxygen atoms in total. The molecule has 4 N–H and O–H groups in total. The van der Waals surface area contributed by atoms with Gasteiger partial charge in [0.25, 0.3) is 0 Å². The summed E-state index contributed by atoms with van der Waals surface area (Å²) in [6.07, 6.45) is -0.355. The van der Waals surface area contributed by atoms with E-state index in [4.69, 9.17) is 5.73 Å². The van der Waals surface area contributed by atoms with Crippen LogP contribution in [-0.2, 0) is 0 Å². The number of hydrogen-bond donors (Lipinski definition) is 4. The van der Waals surface area contributed by atoms with Gasteiger partial charge in [0.05, 0.1) is 6.10 Å². The molecule has 0 aliphatic carbocycles. The normalized spacial score (nSPS) is 15.3. The average Bonchev–Trinajstić information content (AvgIpc) is 2.15. The van der Waals surface area contributed by atoms with Crippen LogP contribution in [0.25, 0.3) is 0 Å². The lowest BCUT2D eigenvalue weighted by Crippen LogP contribution is -2.19. The van der Waals surface area contributed by atoms with Crippen LogP contribution >= 0.6 is 12.6 Å². The molecule has 1 aromatic heterocycles. The summed E-state index contributed by atoms with van der Waals surface area (Å²) >= 11 is 3.87. The topological polar surface area (TPSA) is 79.4 Å². The van der Waals surface area contributed by atoms with Crippen LogP contribution in [0.1, 0.15) is 11.7 Å². The predicted molar refractivity (Wildman–Crippen MR) is 53.5 cm³/mol. The monoisotopic (exact) mass is 200 g/mol. The number of pyridine rings is 1. The van der Waals surface area contributed by atoms with Crippen LogP contribution in [0.5, 0.6) is 0 Å². The maximum absolute atomic E-state index is 9.53. The maximum Gasteiger partial charge on any atom is 0.123 e. The van der Waals surface area contributed by atoms with E-state index in [-0.39, 0.29) is 5.75 Å². The number of nitrogens with zero attached hydrogens (tertiary/aromatic N) is 1. The molecule has 1 rings (SSSR count). The SMILES string of the molecule is Nc1cc(C(O)C(O)CS)ccn1. The van der Waals surface area contributed by atoms with Gasteiger partial charge in [-0.1, -0.05) is 0 Å². The molecule has 13 heavy (non-hydrogen) atoms. The third-order valence-electron chi connectivity index (χ3n) is 1.70. The van der Waals surface area contributed by atoms with E-state index in [1.54, 1.807) is 6.07 Å². The van der Waals surface area contributed by atoms with Gasteiger partial charge in [-0.05, 0) is 17.7 Å². The standard InChI is InChI=1S/C8H12N2O2S/c9-7-3-5(1-2-10-7)8(12)6(11)4-13/h1-3,6,8,11-13H,4H2,(H2,9,10). The molecule has 0 bridgehead atoms. The van der Waals surface area contributed by atoms with Crippen LogP contribution in [0.15, 0.2) is 18.3 Å². The number of aliphatic hydroxyl groups excluding tert-OH is 2. The molecular formula is C8H12N2O2S. The first kappa shape index (κ1) is 10.3. The van der Waals surface area contributed by atoms with Crippen molar-refractivity contribution in [2.45, 2.75) is 12.2 Å². The lowest BCUT2D eigenvalue weighted by Gasteiger charge is -2.15. The number of rotatable bonds is 3. The van der Waals surface area contributed by atoms with E-state index >= 15 is 0 Å². The zero-order valence-electron chi connectivity index (χ0n) is 6.96. The summed E-state index contributed by atoms with van der Waals surface area (Å²) in [6, 6.07) is 3.13. The zero-order chi connectivity index (χ0) is 9.84. The molecule has 0 aliphatic heterocycles. The van der Waals surface area contributed by atoms with Gasteiger partial charge in [-0.25, -0.2) is 4.98 Å². The van der Waals surface area contributed by atoms with Crippen molar-refractivity contribution < 1.29 is 10.2 Å². The Balaban J connectivity index is 2.82. The van der Waals surface area contributed by atoms with Crippen molar-refractivity contribution in [2.24, 2.45) is 0 Å². The van der Waals surface area contributed by atoms with Crippen molar-refractivity contribution >= 4 is 18.4 Å². The lowest BCUT2D eigenvalue weighted by molar-refractivity contribution is 0.0337. The number of nitrogens with two attached hydrogens (primary N) is 1. The van der Waals surface area contributed by atoms with Gasteiger partial charge in [0.2, 0.25) is 0 Å². The van der Waals surface area contributed by atoms with E-state index in [0.29, 0.717) is 11.4 Å². The molecule has 1 aromatic rings. The molecule has 0 amide bonds. The van der Waals surface area contributed by atoms with Gasteiger partial charge in [0.15, 0.2) is 0 Å². The Morgan fingerprint density at radius 2 is 2.23 bits per heavy atom. The van der Waals surface area contributed by atoms with E-state index in [0.717, 1.165) is 0 Å². The summed E-state index contributed by atoms with van der Waals surface area (Å²) in [7, 11) is 0. The summed E-state index contributed by atoms with van der Waals surface area (Å²) < 4.78 is 0. The van der Waals surface area contributed by atoms with Gasteiger partial charge < -0.3 is 15.9 Å². The van der Waals surface area contributed by atoms with E-state index in [1.165, 1.54) is 12.3 Å². The molecule has 0 radical (unpaired) electrons. The average molecular weight is 200 g/mol. The highest BCUT2D eigenvalue weighted by Crippen LogP contribution is 2.18. The molecule has 0 aliphatic rings. The largest absolute Gasteiger partial charge is 0.389 e. The van der Waals surface area contributed by atoms with Gasteiger partial charge in [-0.3, -0.25) is 0 Å². The molecule has 0 saturated carbocycles. The number of anilines is 1. The molecular weight excluding hydrogens is 188 g/mol. The Hall–Kier alpha value is -0.780. The molecule has 5 heteroatoms. The number of nitrogen functional groups attached to an aromatic ring is 1. The van der Waals surface area contributed by atoms with E-state index in [1.807, 2.05) is 0 Å². The number of aliphatic hydroxyl groups is 2. The van der Waals surface area contributed by atoms with Crippen molar-refractivity contribution in [3.05, 3.63) is 23.9 Å². The lowest BCUT2D eigenvalue weighted by atomic mass is 10.1. The zero-order valence-corrected chi connectivity index (χ0v) is 7.85. The quantitative estimate of drug-likeness (QED) is 0.517. The van der Waals surface area contributed by atoms with Gasteiger partial charge in [0.1, 0.15) is 11.9 Å². The van der Waals surface area contributed by atoms with Gasteiger partial charge in [-0.2, -0.15) is 12.6 Å². The van der Waals surface area contributed by atoms with Crippen molar-refractivity contribution in [2.75, 3.05) is 11.5 Å². The maximum atomic E-state index is 9.53. The van der Waals surface area contributed by atoms with Crippen molar-refractivity contribution in [1.29, 1.82) is 0 Å². The van der Waals surface area contributed by atoms with Crippen molar-refractivity contribution in [3.63, 3.8) is 0 Å². The second-order valence-electron chi connectivity index (χ2n) is 2.71. The predicted octanol–water partition coefficient (Wildman–Crippen LogP) is -0.0121. The van der Waals surface area contributed by atoms with Crippen LogP contribution in [-0.4, -0.2) is 27.1 Å². The van der Waals surface area contributed by atoms with Crippen molar-refractivity contribution in [3.8, 4) is 0 Å². The number of aromatic nitrogens is 1. The van der Waals surface area contributed by atoms with Gasteiger partial charge >= 0.3 is 0 Å². The minimum Gasteiger partial charge on any atom is -0.389 e. The van der Waals surface area contributed by atoms with Gasteiger partial charge in [-0.15, -0.1) is 0 Å². The Morgan fingerprint density at radius 1 is 1.54 bits per heavy atom. The van der Waals surface area contributed by atoms with E-state index < -0.39 is 12.2 Å². The van der Waals surface area contributed by atoms with Crippen LogP contribution in [0.3, 0.4) is 0 Å². The van der Waals surface area contributed by atoms with Crippen LogP contribution in [0, 0.1) is 0 Å². The second-order valence-corrected chi connectivity index (χ2v) is 3.07. The third-order valence-corrected chi connectivity index (χ3v) is 2.07. The fraction of sp³-hybridized carbons (Fsp3) is 0.375. The Bertz CT molecular complexity index is 283. The molecule has 0 spiro atoms. The summed E-state index contributed by atoms with van der Waals surface area (Å²) in [5.41, 5.74) is 5.97. The highest BCUT2D eigenvalue weighted by atomic mass is 32.1. The van der Waals surface area contributed by atoms with Gasteiger partial charge in [0, 0.05) is 11.9 Å². The molecule has 0 saturated heterocycles. The second kappa shape index (κ2) is 4.45. The number of hydrogen-bond acceptors (Lipinski definition) is 5. The Morgan fingerprint density at radius 3 is 2.77 bits per heavy atom. The highest BCUT2D eigenvalue weighted by Gasteiger charge is 2.16. The van der Waals surface area contributed by atoms with Crippen LogP contribution < -0.4 is 5.73 Å². The summed E-state index contributed by atoms with van der Waals surface area (Å²) in [5.74, 6) is 0.520. The smallest absolute Gasteiger partial charge is 0.123 e. The fourth-order valence-corrected chi connectivity index (χ4v) is 1.17. The summed E-state index contributed by atoms with van der Waals surface area (Å²) in [6.45, 7) is 0. The van der Waals surface area contributed by atoms with Crippen LogP contribution in [0.2, 0.25) is 0 Å². The molecule has 2 atom stereocenters. The van der Waals surface area contributed by atoms with Crippen LogP contribution in [0.4, 0.5) is 5.82 Å². The minimum absolute atomic E-state index is 0.198. The van der Waals surface area contributed by atoms with Crippen molar-refractivity contribution in [1.82, 2.24) is 4.98 Å².